The first-order valence-electron chi connectivity index (χ1n) is 7.27. The molecule has 1 N–H and O–H groups in total. The second-order valence-corrected chi connectivity index (χ2v) is 6.22. The molecule has 2 heteroatoms. The highest BCUT2D eigenvalue weighted by atomic mass is 32.1. The van der Waals surface area contributed by atoms with Crippen molar-refractivity contribution in [2.24, 2.45) is 5.92 Å². The van der Waals surface area contributed by atoms with E-state index in [1.807, 2.05) is 0 Å². The molecular formula is C17H21NS. The van der Waals surface area contributed by atoms with Crippen molar-refractivity contribution < 1.29 is 0 Å². The zero-order chi connectivity index (χ0) is 12.9. The van der Waals surface area contributed by atoms with Gasteiger partial charge in [-0.25, -0.2) is 0 Å². The Morgan fingerprint density at radius 3 is 2.47 bits per heavy atom. The number of nitrogens with one attached hydrogen (secondary N) is 1. The van der Waals surface area contributed by atoms with E-state index in [0.29, 0.717) is 6.04 Å². The number of rotatable bonds is 4. The third kappa shape index (κ3) is 3.19. The molecule has 1 fully saturated rings. The fourth-order valence-electron chi connectivity index (χ4n) is 3.13. The van der Waals surface area contributed by atoms with Gasteiger partial charge in [-0.2, -0.15) is 11.3 Å². The summed E-state index contributed by atoms with van der Waals surface area (Å²) in [5.41, 5.74) is 2.70. The van der Waals surface area contributed by atoms with Crippen molar-refractivity contribution in [1.29, 1.82) is 0 Å². The molecule has 2 aromatic rings. The fraction of sp³-hybridized carbons (Fsp3) is 0.412. The lowest BCUT2D eigenvalue weighted by Gasteiger charge is -2.31. The Kier molecular flexibility index (Phi) is 4.19. The lowest BCUT2D eigenvalue weighted by atomic mass is 9.81. The van der Waals surface area contributed by atoms with Crippen LogP contribution < -0.4 is 5.32 Å². The molecule has 0 saturated heterocycles. The molecule has 3 rings (SSSR count). The van der Waals surface area contributed by atoms with Crippen molar-refractivity contribution >= 4 is 17.0 Å². The van der Waals surface area contributed by atoms with Gasteiger partial charge in [0.1, 0.15) is 0 Å². The average molecular weight is 271 g/mol. The maximum absolute atomic E-state index is 3.76. The van der Waals surface area contributed by atoms with Gasteiger partial charge in [0.2, 0.25) is 0 Å². The maximum Gasteiger partial charge on any atom is 0.0542 e. The monoisotopic (exact) mass is 271 g/mol. The first-order chi connectivity index (χ1) is 9.43. The van der Waals surface area contributed by atoms with Crippen LogP contribution in [0.2, 0.25) is 0 Å². The zero-order valence-electron chi connectivity index (χ0n) is 11.2. The Balaban J connectivity index is 1.82. The van der Waals surface area contributed by atoms with Crippen LogP contribution in [0.1, 0.15) is 43.7 Å². The third-order valence-corrected chi connectivity index (χ3v) is 4.81. The Labute approximate surface area is 119 Å². The van der Waals surface area contributed by atoms with Crippen LogP contribution in [0, 0.1) is 5.92 Å². The van der Waals surface area contributed by atoms with E-state index in [0.717, 1.165) is 5.92 Å². The van der Waals surface area contributed by atoms with E-state index >= 15 is 0 Å². The minimum Gasteiger partial charge on any atom is -0.377 e. The van der Waals surface area contributed by atoms with E-state index in [1.54, 1.807) is 11.3 Å². The van der Waals surface area contributed by atoms with Crippen molar-refractivity contribution in [2.75, 3.05) is 5.32 Å². The van der Waals surface area contributed by atoms with Gasteiger partial charge in [-0.1, -0.05) is 49.6 Å². The molecule has 0 amide bonds. The van der Waals surface area contributed by atoms with Crippen molar-refractivity contribution in [3.8, 4) is 0 Å². The zero-order valence-corrected chi connectivity index (χ0v) is 12.0. The molecule has 1 aliphatic rings. The van der Waals surface area contributed by atoms with Crippen molar-refractivity contribution in [2.45, 2.75) is 38.1 Å². The Morgan fingerprint density at radius 1 is 1.00 bits per heavy atom. The minimum absolute atomic E-state index is 0.469. The van der Waals surface area contributed by atoms with Crippen LogP contribution in [0.3, 0.4) is 0 Å². The van der Waals surface area contributed by atoms with Gasteiger partial charge in [0.25, 0.3) is 0 Å². The van der Waals surface area contributed by atoms with Gasteiger partial charge in [0, 0.05) is 11.1 Å². The van der Waals surface area contributed by atoms with Crippen LogP contribution in [0.25, 0.3) is 0 Å². The lowest BCUT2D eigenvalue weighted by Crippen LogP contribution is -2.23. The summed E-state index contributed by atoms with van der Waals surface area (Å²) >= 11 is 1.76. The van der Waals surface area contributed by atoms with Crippen molar-refractivity contribution in [3.63, 3.8) is 0 Å². The Hall–Kier alpha value is -1.28. The standard InChI is InChI=1S/C17H21NS/c1-3-7-14(8-4-1)17(15-9-5-2-6-10-15)18-16-11-12-19-13-16/h1,3-4,7-8,11-13,15,17-18H,2,5-6,9-10H2. The summed E-state index contributed by atoms with van der Waals surface area (Å²) in [5.74, 6) is 0.774. The molecule has 1 aromatic heterocycles. The highest BCUT2D eigenvalue weighted by molar-refractivity contribution is 7.08. The number of hydrogen-bond acceptors (Lipinski definition) is 2. The van der Waals surface area contributed by atoms with E-state index in [4.69, 9.17) is 0 Å². The molecule has 0 aliphatic heterocycles. The molecule has 0 bridgehead atoms. The van der Waals surface area contributed by atoms with Gasteiger partial charge < -0.3 is 5.32 Å². The molecule has 1 aromatic carbocycles. The molecule has 1 unspecified atom stereocenters. The highest BCUT2D eigenvalue weighted by Gasteiger charge is 2.24. The average Bonchev–Trinajstić information content (AvgIpc) is 3.00. The number of anilines is 1. The number of hydrogen-bond donors (Lipinski definition) is 1. The van der Waals surface area contributed by atoms with Crippen LogP contribution in [0.15, 0.2) is 47.2 Å². The highest BCUT2D eigenvalue weighted by Crippen LogP contribution is 2.36. The summed E-state index contributed by atoms with van der Waals surface area (Å²) in [4.78, 5) is 0. The first kappa shape index (κ1) is 12.7. The normalized spacial score (nSPS) is 18.1. The van der Waals surface area contributed by atoms with Gasteiger partial charge >= 0.3 is 0 Å². The predicted molar refractivity (Wildman–Crippen MR) is 83.7 cm³/mol. The summed E-state index contributed by atoms with van der Waals surface area (Å²) < 4.78 is 0. The van der Waals surface area contributed by atoms with Crippen LogP contribution in [-0.4, -0.2) is 0 Å². The molecule has 1 aliphatic carbocycles. The predicted octanol–water partition coefficient (Wildman–Crippen LogP) is 5.48. The number of benzene rings is 1. The molecule has 100 valence electrons. The quantitative estimate of drug-likeness (QED) is 0.776. The maximum atomic E-state index is 3.76. The van der Waals surface area contributed by atoms with Crippen molar-refractivity contribution in [1.82, 2.24) is 0 Å². The van der Waals surface area contributed by atoms with Crippen molar-refractivity contribution in [3.05, 3.63) is 52.7 Å². The Bertz CT molecular complexity index is 471. The van der Waals surface area contributed by atoms with Gasteiger partial charge in [0.15, 0.2) is 0 Å². The molecule has 1 saturated carbocycles. The van der Waals surface area contributed by atoms with E-state index in [2.05, 4.69) is 52.5 Å². The largest absolute Gasteiger partial charge is 0.377 e. The van der Waals surface area contributed by atoms with Crippen LogP contribution >= 0.6 is 11.3 Å². The van der Waals surface area contributed by atoms with Gasteiger partial charge in [-0.3, -0.25) is 0 Å². The molecule has 0 spiro atoms. The summed E-state index contributed by atoms with van der Waals surface area (Å²) in [6.07, 6.45) is 6.91. The minimum atomic E-state index is 0.469. The Morgan fingerprint density at radius 2 is 1.79 bits per heavy atom. The molecule has 1 nitrogen and oxygen atoms in total. The van der Waals surface area contributed by atoms with Gasteiger partial charge in [-0.15, -0.1) is 0 Å². The van der Waals surface area contributed by atoms with Crippen LogP contribution in [0.5, 0.6) is 0 Å². The summed E-state index contributed by atoms with van der Waals surface area (Å²) in [7, 11) is 0. The summed E-state index contributed by atoms with van der Waals surface area (Å²) in [6.45, 7) is 0. The van der Waals surface area contributed by atoms with Gasteiger partial charge in [0.05, 0.1) is 6.04 Å². The summed E-state index contributed by atoms with van der Waals surface area (Å²) in [6, 6.07) is 13.6. The summed E-state index contributed by atoms with van der Waals surface area (Å²) in [5, 5.41) is 8.11. The molecule has 0 radical (unpaired) electrons. The first-order valence-corrected chi connectivity index (χ1v) is 8.21. The van der Waals surface area contributed by atoms with E-state index < -0.39 is 0 Å². The molecule has 1 heterocycles. The third-order valence-electron chi connectivity index (χ3n) is 4.12. The van der Waals surface area contributed by atoms with E-state index in [9.17, 15) is 0 Å². The van der Waals surface area contributed by atoms with Gasteiger partial charge in [-0.05, 0) is 35.8 Å². The topological polar surface area (TPSA) is 12.0 Å². The van der Waals surface area contributed by atoms with Crippen LogP contribution in [-0.2, 0) is 0 Å². The molecular weight excluding hydrogens is 250 g/mol. The molecule has 1 atom stereocenters. The van der Waals surface area contributed by atoms with E-state index in [1.165, 1.54) is 43.4 Å². The fourth-order valence-corrected chi connectivity index (χ4v) is 3.72. The lowest BCUT2D eigenvalue weighted by molar-refractivity contribution is 0.321. The second-order valence-electron chi connectivity index (χ2n) is 5.44. The SMILES string of the molecule is c1ccc(C(Nc2ccsc2)C2CCCCC2)cc1. The number of thiophene rings is 1. The van der Waals surface area contributed by atoms with Crippen LogP contribution in [0.4, 0.5) is 5.69 Å². The molecule has 19 heavy (non-hydrogen) atoms. The smallest absolute Gasteiger partial charge is 0.0542 e. The second kappa shape index (κ2) is 6.25. The van der Waals surface area contributed by atoms with E-state index in [-0.39, 0.29) is 0 Å².